The number of sulfonamides is 1. The number of nitrogens with one attached hydrogen (secondary N) is 1. The van der Waals surface area contributed by atoms with Crippen LogP contribution in [-0.2, 0) is 14.8 Å². The van der Waals surface area contributed by atoms with E-state index in [4.69, 9.17) is 0 Å². The molecule has 0 aliphatic heterocycles. The van der Waals surface area contributed by atoms with Crippen LogP contribution in [0.5, 0.6) is 0 Å². The lowest BCUT2D eigenvalue weighted by atomic mass is 10.1. The largest absolute Gasteiger partial charge is 0.353 e. The van der Waals surface area contributed by atoms with E-state index in [9.17, 15) is 13.2 Å². The van der Waals surface area contributed by atoms with Gasteiger partial charge in [0.2, 0.25) is 5.91 Å². The smallest absolute Gasteiger partial charge is 0.264 e. The zero-order chi connectivity index (χ0) is 21.7. The van der Waals surface area contributed by atoms with E-state index in [0.717, 1.165) is 21.9 Å². The van der Waals surface area contributed by atoms with Gasteiger partial charge in [-0.1, -0.05) is 42.5 Å². The lowest BCUT2D eigenvalue weighted by Crippen LogP contribution is -2.35. The molecule has 0 aromatic heterocycles. The maximum Gasteiger partial charge on any atom is 0.264 e. The molecule has 3 rings (SSSR count). The van der Waals surface area contributed by atoms with Gasteiger partial charge in [0.25, 0.3) is 10.0 Å². The fourth-order valence-electron chi connectivity index (χ4n) is 3.42. The van der Waals surface area contributed by atoms with Gasteiger partial charge in [-0.3, -0.25) is 9.10 Å². The lowest BCUT2D eigenvalue weighted by molar-refractivity contribution is -0.120. The number of amides is 1. The van der Waals surface area contributed by atoms with Gasteiger partial charge in [-0.05, 0) is 60.0 Å². The molecule has 0 heterocycles. The van der Waals surface area contributed by atoms with Crippen LogP contribution in [0.3, 0.4) is 0 Å². The van der Waals surface area contributed by atoms with Crippen molar-refractivity contribution in [1.29, 1.82) is 0 Å². The summed E-state index contributed by atoms with van der Waals surface area (Å²) in [5, 5.41) is 4.52. The van der Waals surface area contributed by atoms with Gasteiger partial charge in [0.1, 0.15) is 0 Å². The van der Waals surface area contributed by atoms with Crippen molar-refractivity contribution in [1.82, 2.24) is 5.32 Å². The fourth-order valence-corrected chi connectivity index (χ4v) is 4.90. The van der Waals surface area contributed by atoms with Gasteiger partial charge in [-0.25, -0.2) is 8.42 Å². The van der Waals surface area contributed by atoms with Crippen LogP contribution < -0.4 is 9.62 Å². The molecule has 0 aliphatic rings. The van der Waals surface area contributed by atoms with E-state index in [-0.39, 0.29) is 23.8 Å². The number of benzene rings is 3. The van der Waals surface area contributed by atoms with E-state index in [1.165, 1.54) is 4.31 Å². The number of nitrogens with zero attached hydrogens (tertiary/aromatic N) is 1. The van der Waals surface area contributed by atoms with Gasteiger partial charge in [-0.2, -0.15) is 0 Å². The van der Waals surface area contributed by atoms with E-state index in [1.54, 1.807) is 24.3 Å². The number of hydrogen-bond donors (Lipinski definition) is 1. The molecule has 5 nitrogen and oxygen atoms in total. The Morgan fingerprint density at radius 2 is 1.67 bits per heavy atom. The van der Waals surface area contributed by atoms with Crippen molar-refractivity contribution >= 4 is 32.4 Å². The molecular formula is C24H26N2O3S. The molecule has 0 fully saturated rings. The maximum atomic E-state index is 13.6. The quantitative estimate of drug-likeness (QED) is 0.549. The Morgan fingerprint density at radius 3 is 2.33 bits per heavy atom. The Morgan fingerprint density at radius 1 is 1.00 bits per heavy atom. The number of carbonyl (C=O) groups excluding carboxylic acids is 1. The minimum Gasteiger partial charge on any atom is -0.353 e. The molecule has 3 aromatic carbocycles. The summed E-state index contributed by atoms with van der Waals surface area (Å²) in [6.07, 6.45) is 1.64. The SMILES string of the molecule is C=CCNC(=O)CCN(c1cc(C)cc(C)c1)S(=O)(=O)c1ccc2ccccc2c1. The van der Waals surface area contributed by atoms with Crippen molar-refractivity contribution in [2.45, 2.75) is 25.2 Å². The van der Waals surface area contributed by atoms with Crippen LogP contribution in [0.4, 0.5) is 5.69 Å². The van der Waals surface area contributed by atoms with E-state index in [0.29, 0.717) is 12.2 Å². The highest BCUT2D eigenvalue weighted by Crippen LogP contribution is 2.28. The Bertz CT molecular complexity index is 1170. The van der Waals surface area contributed by atoms with Gasteiger partial charge in [-0.15, -0.1) is 6.58 Å². The molecule has 0 radical (unpaired) electrons. The average Bonchev–Trinajstić information content (AvgIpc) is 2.71. The molecule has 0 atom stereocenters. The molecule has 6 heteroatoms. The molecule has 0 spiro atoms. The average molecular weight is 423 g/mol. The number of fused-ring (bicyclic) bond motifs is 1. The van der Waals surface area contributed by atoms with E-state index in [2.05, 4.69) is 11.9 Å². The fraction of sp³-hybridized carbons (Fsp3) is 0.208. The summed E-state index contributed by atoms with van der Waals surface area (Å²) >= 11 is 0. The van der Waals surface area contributed by atoms with Crippen molar-refractivity contribution in [2.75, 3.05) is 17.4 Å². The number of anilines is 1. The van der Waals surface area contributed by atoms with Crippen LogP contribution in [0, 0.1) is 13.8 Å². The summed E-state index contributed by atoms with van der Waals surface area (Å²) in [5.41, 5.74) is 2.47. The second kappa shape index (κ2) is 9.13. The Labute approximate surface area is 178 Å². The molecule has 1 amide bonds. The first-order chi connectivity index (χ1) is 14.3. The minimum absolute atomic E-state index is 0.0427. The predicted molar refractivity (Wildman–Crippen MR) is 122 cm³/mol. The molecule has 1 N–H and O–H groups in total. The van der Waals surface area contributed by atoms with Crippen LogP contribution in [0.15, 0.2) is 78.2 Å². The highest BCUT2D eigenvalue weighted by atomic mass is 32.2. The van der Waals surface area contributed by atoms with Gasteiger partial charge >= 0.3 is 0 Å². The van der Waals surface area contributed by atoms with Gasteiger partial charge in [0.15, 0.2) is 0 Å². The zero-order valence-electron chi connectivity index (χ0n) is 17.3. The number of aryl methyl sites for hydroxylation is 2. The third kappa shape index (κ3) is 4.89. The molecule has 0 aliphatic carbocycles. The molecule has 156 valence electrons. The monoisotopic (exact) mass is 422 g/mol. The number of carbonyl (C=O) groups is 1. The van der Waals surface area contributed by atoms with Gasteiger partial charge in [0, 0.05) is 19.5 Å². The molecule has 0 unspecified atom stereocenters. The molecule has 0 saturated carbocycles. The molecule has 0 bridgehead atoms. The van der Waals surface area contributed by atoms with Crippen LogP contribution in [0.1, 0.15) is 17.5 Å². The minimum atomic E-state index is -3.86. The van der Waals surface area contributed by atoms with Crippen LogP contribution in [0.2, 0.25) is 0 Å². The summed E-state index contributed by atoms with van der Waals surface area (Å²) in [4.78, 5) is 12.3. The first-order valence-electron chi connectivity index (χ1n) is 9.79. The van der Waals surface area contributed by atoms with Crippen molar-refractivity contribution in [3.8, 4) is 0 Å². The first kappa shape index (κ1) is 21.6. The molecule has 3 aromatic rings. The van der Waals surface area contributed by atoms with E-state index >= 15 is 0 Å². The summed E-state index contributed by atoms with van der Waals surface area (Å²) in [6, 6.07) is 18.4. The highest BCUT2D eigenvalue weighted by molar-refractivity contribution is 7.92. The summed E-state index contributed by atoms with van der Waals surface area (Å²) in [7, 11) is -3.86. The summed E-state index contributed by atoms with van der Waals surface area (Å²) < 4.78 is 28.5. The van der Waals surface area contributed by atoms with Crippen LogP contribution >= 0.6 is 0 Å². The normalized spacial score (nSPS) is 11.3. The zero-order valence-corrected chi connectivity index (χ0v) is 18.1. The summed E-state index contributed by atoms with van der Waals surface area (Å²) in [6.45, 7) is 7.82. The standard InChI is InChI=1S/C24H26N2O3S/c1-4-12-25-24(27)11-13-26(22-15-18(2)14-19(3)16-22)30(28,29)23-10-9-20-7-5-6-8-21(20)17-23/h4-10,14-17H,1,11-13H2,2-3H3,(H,25,27). The Balaban J connectivity index is 2.02. The molecular weight excluding hydrogens is 396 g/mol. The third-order valence-electron chi connectivity index (χ3n) is 4.79. The van der Waals surface area contributed by atoms with Gasteiger partial charge < -0.3 is 5.32 Å². The van der Waals surface area contributed by atoms with Crippen molar-refractivity contribution < 1.29 is 13.2 Å². The lowest BCUT2D eigenvalue weighted by Gasteiger charge is -2.25. The third-order valence-corrected chi connectivity index (χ3v) is 6.61. The van der Waals surface area contributed by atoms with Gasteiger partial charge in [0.05, 0.1) is 10.6 Å². The van der Waals surface area contributed by atoms with E-state index < -0.39 is 10.0 Å². The summed E-state index contributed by atoms with van der Waals surface area (Å²) in [5.74, 6) is -0.224. The van der Waals surface area contributed by atoms with Crippen molar-refractivity contribution in [2.24, 2.45) is 0 Å². The Hall–Kier alpha value is -3.12. The first-order valence-corrected chi connectivity index (χ1v) is 11.2. The highest BCUT2D eigenvalue weighted by Gasteiger charge is 2.26. The topological polar surface area (TPSA) is 66.5 Å². The number of rotatable bonds is 8. The predicted octanol–water partition coefficient (Wildman–Crippen LogP) is 4.34. The number of hydrogen-bond acceptors (Lipinski definition) is 3. The maximum absolute atomic E-state index is 13.6. The molecule has 30 heavy (non-hydrogen) atoms. The second-order valence-corrected chi connectivity index (χ2v) is 9.14. The molecule has 0 saturated heterocycles. The van der Waals surface area contributed by atoms with Crippen molar-refractivity contribution in [3.05, 3.63) is 84.4 Å². The van der Waals surface area contributed by atoms with Crippen LogP contribution in [-0.4, -0.2) is 27.4 Å². The van der Waals surface area contributed by atoms with Crippen LogP contribution in [0.25, 0.3) is 10.8 Å². The second-order valence-electron chi connectivity index (χ2n) is 7.27. The van der Waals surface area contributed by atoms with E-state index in [1.807, 2.05) is 56.3 Å². The van der Waals surface area contributed by atoms with Crippen molar-refractivity contribution in [3.63, 3.8) is 0 Å². The Kier molecular flexibility index (Phi) is 6.57.